The Kier molecular flexibility index (Phi) is 8.96. The second kappa shape index (κ2) is 12.6. The standard InChI is InChI=1S/C25H26N4O4/c30-23(12-15-27-22-11-4-5-14-26-22)29-21-10-6-9-20(17-21)25(32)28-16-13-24(31)33-18-19-7-2-1-3-8-19/h1-11,14,17H,12-13,15-16,18H2,(H,26,27)(H,28,32)(H,29,30). The molecule has 0 aliphatic rings. The molecule has 0 bridgehead atoms. The molecule has 0 radical (unpaired) electrons. The van der Waals surface area contributed by atoms with Crippen LogP contribution in [0.15, 0.2) is 79.0 Å². The van der Waals surface area contributed by atoms with Crippen LogP contribution in [0.5, 0.6) is 0 Å². The van der Waals surface area contributed by atoms with Crippen molar-refractivity contribution in [2.45, 2.75) is 19.4 Å². The lowest BCUT2D eigenvalue weighted by Gasteiger charge is -2.09. The van der Waals surface area contributed by atoms with E-state index in [0.29, 0.717) is 23.6 Å². The van der Waals surface area contributed by atoms with Crippen molar-refractivity contribution in [2.24, 2.45) is 0 Å². The van der Waals surface area contributed by atoms with E-state index in [9.17, 15) is 14.4 Å². The normalized spacial score (nSPS) is 10.2. The molecule has 0 aliphatic carbocycles. The average molecular weight is 447 g/mol. The second-order valence-electron chi connectivity index (χ2n) is 7.17. The number of carbonyl (C=O) groups excluding carboxylic acids is 3. The molecule has 3 N–H and O–H groups in total. The van der Waals surface area contributed by atoms with Gasteiger partial charge in [-0.15, -0.1) is 0 Å². The van der Waals surface area contributed by atoms with Crippen LogP contribution >= 0.6 is 0 Å². The lowest BCUT2D eigenvalue weighted by Crippen LogP contribution is -2.26. The summed E-state index contributed by atoms with van der Waals surface area (Å²) in [5, 5.41) is 8.54. The minimum Gasteiger partial charge on any atom is -0.461 e. The van der Waals surface area contributed by atoms with Gasteiger partial charge in [0.15, 0.2) is 0 Å². The molecule has 8 heteroatoms. The van der Waals surface area contributed by atoms with E-state index >= 15 is 0 Å². The Bertz CT molecular complexity index is 1060. The van der Waals surface area contributed by atoms with E-state index in [4.69, 9.17) is 4.74 Å². The number of anilines is 2. The number of carbonyl (C=O) groups is 3. The zero-order chi connectivity index (χ0) is 23.3. The minimum atomic E-state index is -0.389. The van der Waals surface area contributed by atoms with Crippen molar-refractivity contribution in [3.05, 3.63) is 90.1 Å². The van der Waals surface area contributed by atoms with Crippen molar-refractivity contribution < 1.29 is 19.1 Å². The summed E-state index contributed by atoms with van der Waals surface area (Å²) < 4.78 is 5.19. The number of benzene rings is 2. The summed E-state index contributed by atoms with van der Waals surface area (Å²) in [6.07, 6.45) is 1.99. The molecule has 0 saturated carbocycles. The van der Waals surface area contributed by atoms with E-state index in [2.05, 4.69) is 20.9 Å². The van der Waals surface area contributed by atoms with Gasteiger partial charge in [0.05, 0.1) is 6.42 Å². The summed E-state index contributed by atoms with van der Waals surface area (Å²) >= 11 is 0. The van der Waals surface area contributed by atoms with E-state index in [1.807, 2.05) is 48.5 Å². The molecule has 0 atom stereocenters. The molecule has 8 nitrogen and oxygen atoms in total. The number of rotatable bonds is 11. The fourth-order valence-electron chi connectivity index (χ4n) is 2.92. The molecule has 0 fully saturated rings. The van der Waals surface area contributed by atoms with Gasteiger partial charge in [-0.2, -0.15) is 0 Å². The SMILES string of the molecule is O=C(CCNc1ccccn1)Nc1cccc(C(=O)NCCC(=O)OCc2ccccc2)c1. The van der Waals surface area contributed by atoms with Crippen molar-refractivity contribution in [3.63, 3.8) is 0 Å². The topological polar surface area (TPSA) is 109 Å². The second-order valence-corrected chi connectivity index (χ2v) is 7.17. The van der Waals surface area contributed by atoms with Crippen LogP contribution in [0.1, 0.15) is 28.8 Å². The molecule has 0 unspecified atom stereocenters. The molecule has 2 aromatic carbocycles. The molecule has 0 spiro atoms. The van der Waals surface area contributed by atoms with Crippen molar-refractivity contribution >= 4 is 29.3 Å². The molecular formula is C25H26N4O4. The van der Waals surface area contributed by atoms with Crippen LogP contribution in [0, 0.1) is 0 Å². The fourth-order valence-corrected chi connectivity index (χ4v) is 2.92. The third kappa shape index (κ3) is 8.45. The Morgan fingerprint density at radius 3 is 2.45 bits per heavy atom. The number of nitrogens with one attached hydrogen (secondary N) is 3. The summed E-state index contributed by atoms with van der Waals surface area (Å²) in [7, 11) is 0. The van der Waals surface area contributed by atoms with Gasteiger partial charge < -0.3 is 20.7 Å². The zero-order valence-corrected chi connectivity index (χ0v) is 18.1. The molecule has 2 amide bonds. The molecular weight excluding hydrogens is 420 g/mol. The minimum absolute atomic E-state index is 0.0677. The first-order chi connectivity index (χ1) is 16.1. The van der Waals surface area contributed by atoms with Gasteiger partial charge in [-0.1, -0.05) is 42.5 Å². The highest BCUT2D eigenvalue weighted by atomic mass is 16.5. The smallest absolute Gasteiger partial charge is 0.307 e. The Morgan fingerprint density at radius 2 is 1.67 bits per heavy atom. The van der Waals surface area contributed by atoms with Crippen LogP contribution in [0.4, 0.5) is 11.5 Å². The van der Waals surface area contributed by atoms with Gasteiger partial charge in [-0.25, -0.2) is 4.98 Å². The Labute approximate surface area is 192 Å². The van der Waals surface area contributed by atoms with Crippen LogP contribution in [0.3, 0.4) is 0 Å². The predicted molar refractivity (Wildman–Crippen MR) is 126 cm³/mol. The molecule has 170 valence electrons. The number of amides is 2. The summed E-state index contributed by atoms with van der Waals surface area (Å²) in [5.41, 5.74) is 1.81. The van der Waals surface area contributed by atoms with Crippen LogP contribution in [0.25, 0.3) is 0 Å². The van der Waals surface area contributed by atoms with E-state index in [1.54, 1.807) is 30.5 Å². The highest BCUT2D eigenvalue weighted by Crippen LogP contribution is 2.11. The van der Waals surface area contributed by atoms with Gasteiger partial charge in [-0.05, 0) is 35.9 Å². The first kappa shape index (κ1) is 23.5. The maximum atomic E-state index is 12.4. The number of aromatic nitrogens is 1. The molecule has 3 aromatic rings. The third-order valence-electron chi connectivity index (χ3n) is 4.59. The monoisotopic (exact) mass is 446 g/mol. The highest BCUT2D eigenvalue weighted by molar-refractivity contribution is 5.97. The largest absolute Gasteiger partial charge is 0.461 e. The number of nitrogens with zero attached hydrogens (tertiary/aromatic N) is 1. The quantitative estimate of drug-likeness (QED) is 0.390. The van der Waals surface area contributed by atoms with E-state index in [1.165, 1.54) is 0 Å². The van der Waals surface area contributed by atoms with Crippen molar-refractivity contribution in [3.8, 4) is 0 Å². The molecule has 1 aromatic heterocycles. The highest BCUT2D eigenvalue weighted by Gasteiger charge is 2.10. The maximum Gasteiger partial charge on any atom is 0.307 e. The van der Waals surface area contributed by atoms with Crippen molar-refractivity contribution in [1.82, 2.24) is 10.3 Å². The number of hydrogen-bond donors (Lipinski definition) is 3. The summed E-state index contributed by atoms with van der Waals surface area (Å²) in [6.45, 7) is 0.790. The maximum absolute atomic E-state index is 12.4. The van der Waals surface area contributed by atoms with Gasteiger partial charge in [0.25, 0.3) is 5.91 Å². The van der Waals surface area contributed by atoms with Crippen LogP contribution in [0.2, 0.25) is 0 Å². The predicted octanol–water partition coefficient (Wildman–Crippen LogP) is 3.39. The zero-order valence-electron chi connectivity index (χ0n) is 18.1. The van der Waals surface area contributed by atoms with Gasteiger partial charge >= 0.3 is 5.97 Å². The number of ether oxygens (including phenoxy) is 1. The number of hydrogen-bond acceptors (Lipinski definition) is 6. The van der Waals surface area contributed by atoms with E-state index < -0.39 is 0 Å². The lowest BCUT2D eigenvalue weighted by atomic mass is 10.2. The molecule has 3 rings (SSSR count). The van der Waals surface area contributed by atoms with Gasteiger partial charge in [0, 0.05) is 37.0 Å². The summed E-state index contributed by atoms with van der Waals surface area (Å²) in [5.74, 6) is -0.205. The lowest BCUT2D eigenvalue weighted by molar-refractivity contribution is -0.144. The van der Waals surface area contributed by atoms with Crippen LogP contribution in [-0.4, -0.2) is 35.9 Å². The Morgan fingerprint density at radius 1 is 0.848 bits per heavy atom. The number of pyridine rings is 1. The molecule has 0 aliphatic heterocycles. The fraction of sp³-hybridized carbons (Fsp3) is 0.200. The van der Waals surface area contributed by atoms with Gasteiger partial charge in [0.1, 0.15) is 12.4 Å². The summed E-state index contributed by atoms with van der Waals surface area (Å²) in [4.78, 5) is 40.5. The van der Waals surface area contributed by atoms with Crippen LogP contribution in [-0.2, 0) is 20.9 Å². The van der Waals surface area contributed by atoms with Gasteiger partial charge in [-0.3, -0.25) is 14.4 Å². The average Bonchev–Trinajstić information content (AvgIpc) is 2.84. The van der Waals surface area contributed by atoms with E-state index in [0.717, 1.165) is 5.56 Å². The Balaban J connectivity index is 1.37. The third-order valence-corrected chi connectivity index (χ3v) is 4.59. The Hall–Kier alpha value is -4.20. The molecule has 0 saturated heterocycles. The van der Waals surface area contributed by atoms with Crippen molar-refractivity contribution in [2.75, 3.05) is 23.7 Å². The first-order valence-corrected chi connectivity index (χ1v) is 10.6. The van der Waals surface area contributed by atoms with Crippen LogP contribution < -0.4 is 16.0 Å². The number of esters is 1. The first-order valence-electron chi connectivity index (χ1n) is 10.6. The molecule has 1 heterocycles. The van der Waals surface area contributed by atoms with E-state index in [-0.39, 0.29) is 43.8 Å². The summed E-state index contributed by atoms with van der Waals surface area (Å²) in [6, 6.07) is 21.5. The molecule has 33 heavy (non-hydrogen) atoms. The van der Waals surface area contributed by atoms with Gasteiger partial charge in [0.2, 0.25) is 5.91 Å². The van der Waals surface area contributed by atoms with Crippen molar-refractivity contribution in [1.29, 1.82) is 0 Å².